The van der Waals surface area contributed by atoms with Crippen LogP contribution in [-0.4, -0.2) is 46.3 Å². The molecule has 1 rings (SSSR count). The van der Waals surface area contributed by atoms with Gasteiger partial charge in [-0.25, -0.2) is 9.78 Å². The molecule has 1 aromatic heterocycles. The van der Waals surface area contributed by atoms with Crippen molar-refractivity contribution in [2.45, 2.75) is 19.3 Å². The monoisotopic (exact) mass is 239 g/mol. The minimum atomic E-state index is -1.08. The van der Waals surface area contributed by atoms with Crippen LogP contribution in [0.15, 0.2) is 12.4 Å². The fourth-order valence-electron chi connectivity index (χ4n) is 1.39. The van der Waals surface area contributed by atoms with Gasteiger partial charge in [-0.3, -0.25) is 4.98 Å². The number of aromatic carboxylic acids is 1. The van der Waals surface area contributed by atoms with E-state index in [1.807, 2.05) is 11.9 Å². The van der Waals surface area contributed by atoms with Crippen molar-refractivity contribution in [1.82, 2.24) is 9.97 Å². The van der Waals surface area contributed by atoms with Gasteiger partial charge in [0.05, 0.1) is 12.4 Å². The molecule has 0 aliphatic carbocycles. The minimum absolute atomic E-state index is 0.0512. The molecule has 1 heterocycles. The SMILES string of the molecule is CN(CCCCCO)c1cncc(C(=O)O)n1. The molecule has 6 nitrogen and oxygen atoms in total. The van der Waals surface area contributed by atoms with Crippen LogP contribution in [0.5, 0.6) is 0 Å². The average molecular weight is 239 g/mol. The normalized spacial score (nSPS) is 10.2. The van der Waals surface area contributed by atoms with Crippen molar-refractivity contribution < 1.29 is 15.0 Å². The maximum absolute atomic E-state index is 10.7. The molecule has 17 heavy (non-hydrogen) atoms. The molecule has 0 unspecified atom stereocenters. The molecule has 94 valence electrons. The first-order chi connectivity index (χ1) is 8.15. The number of aliphatic hydroxyl groups is 1. The third-order valence-corrected chi connectivity index (χ3v) is 2.38. The van der Waals surface area contributed by atoms with Crippen LogP contribution >= 0.6 is 0 Å². The van der Waals surface area contributed by atoms with Gasteiger partial charge in [0, 0.05) is 20.2 Å². The molecular formula is C11H17N3O3. The van der Waals surface area contributed by atoms with Gasteiger partial charge in [0.2, 0.25) is 0 Å². The molecule has 0 spiro atoms. The van der Waals surface area contributed by atoms with Crippen molar-refractivity contribution in [3.63, 3.8) is 0 Å². The number of carbonyl (C=O) groups is 1. The molecule has 0 aromatic carbocycles. The van der Waals surface area contributed by atoms with E-state index in [1.165, 1.54) is 6.20 Å². The van der Waals surface area contributed by atoms with E-state index >= 15 is 0 Å². The number of carboxylic acids is 1. The summed E-state index contributed by atoms with van der Waals surface area (Å²) in [6, 6.07) is 0. The Bertz CT molecular complexity index is 371. The lowest BCUT2D eigenvalue weighted by atomic mass is 10.2. The molecule has 1 aromatic rings. The highest BCUT2D eigenvalue weighted by molar-refractivity contribution is 5.85. The van der Waals surface area contributed by atoms with Gasteiger partial charge in [-0.1, -0.05) is 0 Å². The van der Waals surface area contributed by atoms with Crippen molar-refractivity contribution in [3.8, 4) is 0 Å². The van der Waals surface area contributed by atoms with Gasteiger partial charge in [0.1, 0.15) is 5.82 Å². The largest absolute Gasteiger partial charge is 0.476 e. The molecule has 0 fully saturated rings. The van der Waals surface area contributed by atoms with Gasteiger partial charge in [-0.2, -0.15) is 0 Å². The fourth-order valence-corrected chi connectivity index (χ4v) is 1.39. The molecule has 0 radical (unpaired) electrons. The second kappa shape index (κ2) is 6.80. The predicted octanol–water partition coefficient (Wildman–Crippen LogP) is 0.774. The lowest BCUT2D eigenvalue weighted by Crippen LogP contribution is -2.21. The van der Waals surface area contributed by atoms with E-state index in [-0.39, 0.29) is 12.3 Å². The maximum Gasteiger partial charge on any atom is 0.356 e. The van der Waals surface area contributed by atoms with Gasteiger partial charge < -0.3 is 15.1 Å². The Balaban J connectivity index is 2.53. The number of aromatic nitrogens is 2. The molecule has 0 aliphatic rings. The van der Waals surface area contributed by atoms with E-state index in [0.29, 0.717) is 5.82 Å². The van der Waals surface area contributed by atoms with Crippen LogP contribution in [0.1, 0.15) is 29.8 Å². The van der Waals surface area contributed by atoms with Crippen LogP contribution in [0.4, 0.5) is 5.82 Å². The first-order valence-corrected chi connectivity index (χ1v) is 5.52. The third kappa shape index (κ3) is 4.36. The first kappa shape index (κ1) is 13.4. The molecule has 0 bridgehead atoms. The number of nitrogens with zero attached hydrogens (tertiary/aromatic N) is 3. The van der Waals surface area contributed by atoms with E-state index in [1.54, 1.807) is 6.20 Å². The van der Waals surface area contributed by atoms with Gasteiger partial charge in [0.25, 0.3) is 0 Å². The van der Waals surface area contributed by atoms with Crippen molar-refractivity contribution in [2.24, 2.45) is 0 Å². The second-order valence-electron chi connectivity index (χ2n) is 3.77. The summed E-state index contributed by atoms with van der Waals surface area (Å²) >= 11 is 0. The van der Waals surface area contributed by atoms with Crippen LogP contribution in [0, 0.1) is 0 Å². The Labute approximate surface area is 99.9 Å². The maximum atomic E-state index is 10.7. The van der Waals surface area contributed by atoms with Crippen molar-refractivity contribution in [1.29, 1.82) is 0 Å². The molecule has 2 N–H and O–H groups in total. The summed E-state index contributed by atoms with van der Waals surface area (Å²) in [5.74, 6) is -0.526. The van der Waals surface area contributed by atoms with Crippen molar-refractivity contribution >= 4 is 11.8 Å². The fraction of sp³-hybridized carbons (Fsp3) is 0.545. The zero-order chi connectivity index (χ0) is 12.7. The van der Waals surface area contributed by atoms with E-state index < -0.39 is 5.97 Å². The lowest BCUT2D eigenvalue weighted by Gasteiger charge is -2.17. The summed E-state index contributed by atoms with van der Waals surface area (Å²) in [5.41, 5.74) is -0.0512. The minimum Gasteiger partial charge on any atom is -0.476 e. The van der Waals surface area contributed by atoms with E-state index in [0.717, 1.165) is 25.8 Å². The number of carboxylic acid groups (broad SMARTS) is 1. The molecule has 6 heteroatoms. The van der Waals surface area contributed by atoms with Gasteiger partial charge in [-0.05, 0) is 19.3 Å². The van der Waals surface area contributed by atoms with Crippen LogP contribution in [0.25, 0.3) is 0 Å². The smallest absolute Gasteiger partial charge is 0.356 e. The molecule has 0 amide bonds. The summed E-state index contributed by atoms with van der Waals surface area (Å²) in [6.45, 7) is 0.968. The van der Waals surface area contributed by atoms with Crippen LogP contribution in [0.2, 0.25) is 0 Å². The molecular weight excluding hydrogens is 222 g/mol. The highest BCUT2D eigenvalue weighted by Crippen LogP contribution is 2.09. The first-order valence-electron chi connectivity index (χ1n) is 5.52. The zero-order valence-electron chi connectivity index (χ0n) is 9.83. The molecule has 0 aliphatic heterocycles. The number of unbranched alkanes of at least 4 members (excludes halogenated alkanes) is 2. The van der Waals surface area contributed by atoms with Gasteiger partial charge in [-0.15, -0.1) is 0 Å². The molecule has 0 saturated heterocycles. The number of rotatable bonds is 7. The van der Waals surface area contributed by atoms with Crippen LogP contribution in [0.3, 0.4) is 0 Å². The number of hydrogen-bond donors (Lipinski definition) is 2. The van der Waals surface area contributed by atoms with Crippen LogP contribution < -0.4 is 4.90 Å². The summed E-state index contributed by atoms with van der Waals surface area (Å²) in [6.07, 6.45) is 5.42. The van der Waals surface area contributed by atoms with Crippen molar-refractivity contribution in [2.75, 3.05) is 25.1 Å². The van der Waals surface area contributed by atoms with E-state index in [2.05, 4.69) is 9.97 Å². The second-order valence-corrected chi connectivity index (χ2v) is 3.77. The highest BCUT2D eigenvalue weighted by atomic mass is 16.4. The predicted molar refractivity (Wildman–Crippen MR) is 63.2 cm³/mol. The van der Waals surface area contributed by atoms with E-state index in [9.17, 15) is 4.79 Å². The Morgan fingerprint density at radius 3 is 2.76 bits per heavy atom. The standard InChI is InChI=1S/C11H17N3O3/c1-14(5-3-2-4-6-15)10-8-12-7-9(13-10)11(16)17/h7-8,15H,2-6H2,1H3,(H,16,17). The Hall–Kier alpha value is -1.69. The Morgan fingerprint density at radius 1 is 1.35 bits per heavy atom. The summed E-state index contributed by atoms with van der Waals surface area (Å²) in [5, 5.41) is 17.4. The summed E-state index contributed by atoms with van der Waals surface area (Å²) in [7, 11) is 1.84. The van der Waals surface area contributed by atoms with E-state index in [4.69, 9.17) is 10.2 Å². The number of aliphatic hydroxyl groups excluding tert-OH is 1. The Morgan fingerprint density at radius 2 is 2.12 bits per heavy atom. The van der Waals surface area contributed by atoms with Gasteiger partial charge in [0.15, 0.2) is 5.69 Å². The average Bonchev–Trinajstić information content (AvgIpc) is 2.34. The van der Waals surface area contributed by atoms with Gasteiger partial charge >= 0.3 is 5.97 Å². The molecule has 0 atom stereocenters. The number of anilines is 1. The third-order valence-electron chi connectivity index (χ3n) is 2.38. The zero-order valence-corrected chi connectivity index (χ0v) is 9.83. The Kier molecular flexibility index (Phi) is 5.35. The van der Waals surface area contributed by atoms with Crippen LogP contribution in [-0.2, 0) is 0 Å². The summed E-state index contributed by atoms with van der Waals surface area (Å²) < 4.78 is 0. The van der Waals surface area contributed by atoms with Crippen molar-refractivity contribution in [3.05, 3.63) is 18.1 Å². The number of hydrogen-bond acceptors (Lipinski definition) is 5. The quantitative estimate of drug-likeness (QED) is 0.683. The lowest BCUT2D eigenvalue weighted by molar-refractivity contribution is 0.0690. The highest BCUT2D eigenvalue weighted by Gasteiger charge is 2.08. The molecule has 0 saturated carbocycles. The topological polar surface area (TPSA) is 86.5 Å². The summed E-state index contributed by atoms with van der Waals surface area (Å²) in [4.78, 5) is 20.4.